The molecular formula is C17H22N2O. The summed E-state index contributed by atoms with van der Waals surface area (Å²) < 4.78 is 0. The van der Waals surface area contributed by atoms with Gasteiger partial charge in [-0.2, -0.15) is 0 Å². The van der Waals surface area contributed by atoms with Crippen LogP contribution in [0.15, 0.2) is 48.5 Å². The van der Waals surface area contributed by atoms with E-state index in [0.29, 0.717) is 12.5 Å². The molecule has 0 aliphatic heterocycles. The van der Waals surface area contributed by atoms with Crippen molar-refractivity contribution in [2.24, 2.45) is 0 Å². The topological polar surface area (TPSA) is 45.1 Å². The SMILES string of the molecule is CC(C)c1cccc(CN[C@H](CO)c2ccccc2)n1. The van der Waals surface area contributed by atoms with Gasteiger partial charge in [0.25, 0.3) is 0 Å². The Bertz CT molecular complexity index is 526. The van der Waals surface area contributed by atoms with Gasteiger partial charge in [-0.3, -0.25) is 4.98 Å². The monoisotopic (exact) mass is 270 g/mol. The number of aliphatic hydroxyl groups is 1. The van der Waals surface area contributed by atoms with E-state index in [1.807, 2.05) is 42.5 Å². The van der Waals surface area contributed by atoms with Crippen LogP contribution in [-0.4, -0.2) is 16.7 Å². The van der Waals surface area contributed by atoms with Crippen molar-refractivity contribution < 1.29 is 5.11 Å². The summed E-state index contributed by atoms with van der Waals surface area (Å²) in [7, 11) is 0. The lowest BCUT2D eigenvalue weighted by Gasteiger charge is -2.17. The zero-order chi connectivity index (χ0) is 14.4. The van der Waals surface area contributed by atoms with Crippen LogP contribution >= 0.6 is 0 Å². The van der Waals surface area contributed by atoms with Crippen LogP contribution < -0.4 is 5.32 Å². The van der Waals surface area contributed by atoms with Crippen LogP contribution in [-0.2, 0) is 6.54 Å². The van der Waals surface area contributed by atoms with Gasteiger partial charge in [0, 0.05) is 12.2 Å². The van der Waals surface area contributed by atoms with Gasteiger partial charge < -0.3 is 10.4 Å². The first-order valence-electron chi connectivity index (χ1n) is 7.05. The first-order valence-corrected chi connectivity index (χ1v) is 7.05. The average molecular weight is 270 g/mol. The van der Waals surface area contributed by atoms with Gasteiger partial charge in [-0.15, -0.1) is 0 Å². The molecule has 1 heterocycles. The summed E-state index contributed by atoms with van der Waals surface area (Å²) in [5.74, 6) is 0.428. The standard InChI is InChI=1S/C17H22N2O/c1-13(2)16-10-6-9-15(19-16)11-18-17(12-20)14-7-4-3-5-8-14/h3-10,13,17-18,20H,11-12H2,1-2H3/t17-/m1/s1. The molecule has 3 nitrogen and oxygen atoms in total. The van der Waals surface area contributed by atoms with Gasteiger partial charge in [0.15, 0.2) is 0 Å². The number of hydrogen-bond donors (Lipinski definition) is 2. The minimum atomic E-state index is -0.0549. The van der Waals surface area contributed by atoms with E-state index >= 15 is 0 Å². The Kier molecular flexibility index (Phi) is 5.27. The fourth-order valence-corrected chi connectivity index (χ4v) is 2.12. The lowest BCUT2D eigenvalue weighted by atomic mass is 10.1. The van der Waals surface area contributed by atoms with Crippen LogP contribution in [0.4, 0.5) is 0 Å². The quantitative estimate of drug-likeness (QED) is 0.848. The number of pyridine rings is 1. The van der Waals surface area contributed by atoms with Gasteiger partial charge in [0.2, 0.25) is 0 Å². The molecule has 0 aliphatic rings. The summed E-state index contributed by atoms with van der Waals surface area (Å²) in [6.45, 7) is 5.01. The van der Waals surface area contributed by atoms with Crippen LogP contribution in [0, 0.1) is 0 Å². The molecule has 106 valence electrons. The van der Waals surface area contributed by atoms with E-state index in [2.05, 4.69) is 30.2 Å². The molecule has 1 aromatic heterocycles. The number of benzene rings is 1. The molecule has 0 saturated carbocycles. The van der Waals surface area contributed by atoms with E-state index in [0.717, 1.165) is 17.0 Å². The van der Waals surface area contributed by atoms with Crippen molar-refractivity contribution in [2.45, 2.75) is 32.4 Å². The second-order valence-corrected chi connectivity index (χ2v) is 5.24. The first-order chi connectivity index (χ1) is 9.70. The molecule has 0 bridgehead atoms. The van der Waals surface area contributed by atoms with Gasteiger partial charge in [-0.25, -0.2) is 0 Å². The summed E-state index contributed by atoms with van der Waals surface area (Å²) in [4.78, 5) is 4.63. The Balaban J connectivity index is 2.02. The summed E-state index contributed by atoms with van der Waals surface area (Å²) in [5.41, 5.74) is 3.20. The predicted molar refractivity (Wildman–Crippen MR) is 81.4 cm³/mol. The molecule has 0 spiro atoms. The molecule has 20 heavy (non-hydrogen) atoms. The Morgan fingerprint density at radius 1 is 1.05 bits per heavy atom. The number of nitrogens with zero attached hydrogens (tertiary/aromatic N) is 1. The van der Waals surface area contributed by atoms with E-state index in [-0.39, 0.29) is 12.6 Å². The number of aliphatic hydroxyl groups excluding tert-OH is 1. The molecule has 2 N–H and O–H groups in total. The summed E-state index contributed by atoms with van der Waals surface area (Å²) in [5, 5.41) is 12.9. The van der Waals surface area contributed by atoms with Crippen molar-refractivity contribution >= 4 is 0 Å². The van der Waals surface area contributed by atoms with Crippen molar-refractivity contribution in [2.75, 3.05) is 6.61 Å². The second-order valence-electron chi connectivity index (χ2n) is 5.24. The van der Waals surface area contributed by atoms with E-state index in [1.165, 1.54) is 0 Å². The molecule has 1 atom stereocenters. The maximum absolute atomic E-state index is 9.52. The lowest BCUT2D eigenvalue weighted by Crippen LogP contribution is -2.24. The van der Waals surface area contributed by atoms with Crippen molar-refractivity contribution in [1.82, 2.24) is 10.3 Å². The van der Waals surface area contributed by atoms with Gasteiger partial charge in [-0.1, -0.05) is 50.2 Å². The third-order valence-electron chi connectivity index (χ3n) is 3.33. The van der Waals surface area contributed by atoms with E-state index in [9.17, 15) is 5.11 Å². The molecule has 2 aromatic rings. The fourth-order valence-electron chi connectivity index (χ4n) is 2.12. The smallest absolute Gasteiger partial charge is 0.0626 e. The van der Waals surface area contributed by atoms with Gasteiger partial charge in [0.05, 0.1) is 18.3 Å². The molecule has 2 rings (SSSR count). The van der Waals surface area contributed by atoms with Gasteiger partial charge in [0.1, 0.15) is 0 Å². The molecule has 0 saturated heterocycles. The molecule has 0 radical (unpaired) electrons. The molecule has 3 heteroatoms. The Labute approximate surface area is 120 Å². The Morgan fingerprint density at radius 3 is 2.45 bits per heavy atom. The molecule has 1 aromatic carbocycles. The third kappa shape index (κ3) is 3.89. The second kappa shape index (κ2) is 7.17. The van der Waals surface area contributed by atoms with E-state index in [1.54, 1.807) is 0 Å². The van der Waals surface area contributed by atoms with Crippen molar-refractivity contribution in [3.8, 4) is 0 Å². The minimum absolute atomic E-state index is 0.0549. The molecule has 0 amide bonds. The lowest BCUT2D eigenvalue weighted by molar-refractivity contribution is 0.243. The van der Waals surface area contributed by atoms with Crippen LogP contribution in [0.3, 0.4) is 0 Å². The Hall–Kier alpha value is -1.71. The normalized spacial score (nSPS) is 12.6. The molecular weight excluding hydrogens is 248 g/mol. The highest BCUT2D eigenvalue weighted by atomic mass is 16.3. The van der Waals surface area contributed by atoms with Gasteiger partial charge in [-0.05, 0) is 23.6 Å². The van der Waals surface area contributed by atoms with Crippen LogP contribution in [0.5, 0.6) is 0 Å². The number of nitrogens with one attached hydrogen (secondary N) is 1. The van der Waals surface area contributed by atoms with Crippen LogP contribution in [0.25, 0.3) is 0 Å². The van der Waals surface area contributed by atoms with Crippen molar-refractivity contribution in [3.05, 3.63) is 65.5 Å². The zero-order valence-electron chi connectivity index (χ0n) is 12.1. The highest BCUT2D eigenvalue weighted by Crippen LogP contribution is 2.14. The highest BCUT2D eigenvalue weighted by molar-refractivity contribution is 5.19. The Morgan fingerprint density at radius 2 is 1.80 bits per heavy atom. The van der Waals surface area contributed by atoms with E-state index < -0.39 is 0 Å². The molecule has 0 unspecified atom stereocenters. The number of rotatable bonds is 6. The number of hydrogen-bond acceptors (Lipinski definition) is 3. The van der Waals surface area contributed by atoms with Gasteiger partial charge >= 0.3 is 0 Å². The predicted octanol–water partition coefficient (Wildman–Crippen LogP) is 3.03. The van der Waals surface area contributed by atoms with Crippen molar-refractivity contribution in [1.29, 1.82) is 0 Å². The first kappa shape index (κ1) is 14.7. The molecule has 0 aliphatic carbocycles. The molecule has 0 fully saturated rings. The summed E-state index contributed by atoms with van der Waals surface area (Å²) in [6.07, 6.45) is 0. The third-order valence-corrected chi connectivity index (χ3v) is 3.33. The zero-order valence-corrected chi connectivity index (χ0v) is 12.1. The maximum Gasteiger partial charge on any atom is 0.0626 e. The summed E-state index contributed by atoms with van der Waals surface area (Å²) in [6, 6.07) is 16.0. The average Bonchev–Trinajstić information content (AvgIpc) is 2.49. The largest absolute Gasteiger partial charge is 0.394 e. The minimum Gasteiger partial charge on any atom is -0.394 e. The highest BCUT2D eigenvalue weighted by Gasteiger charge is 2.10. The van der Waals surface area contributed by atoms with E-state index in [4.69, 9.17) is 0 Å². The van der Waals surface area contributed by atoms with Crippen molar-refractivity contribution in [3.63, 3.8) is 0 Å². The maximum atomic E-state index is 9.52. The van der Waals surface area contributed by atoms with Crippen LogP contribution in [0.1, 0.15) is 42.8 Å². The fraction of sp³-hybridized carbons (Fsp3) is 0.353. The number of aromatic nitrogens is 1. The van der Waals surface area contributed by atoms with Crippen LogP contribution in [0.2, 0.25) is 0 Å². The summed E-state index contributed by atoms with van der Waals surface area (Å²) >= 11 is 0.